The summed E-state index contributed by atoms with van der Waals surface area (Å²) in [5, 5.41) is 16.0. The molecule has 0 aliphatic rings. The Kier molecular flexibility index (Phi) is 118. The van der Waals surface area contributed by atoms with Gasteiger partial charge in [0, 0.05) is 87.3 Å². The van der Waals surface area contributed by atoms with Crippen LogP contribution in [0.2, 0.25) is 0 Å². The zero-order chi connectivity index (χ0) is 19.2. The fraction of sp³-hybridized carbons (Fsp3) is 0.733. The highest BCUT2D eigenvalue weighted by Crippen LogP contribution is 1.91. The van der Waals surface area contributed by atoms with Crippen molar-refractivity contribution in [3.05, 3.63) is 0 Å². The monoisotopic (exact) mass is 763 g/mol. The number of hydrogen-bond acceptors (Lipinski definition) is 2. The molecule has 0 fully saturated rings. The lowest BCUT2D eigenvalue weighted by atomic mass is 10.3. The Balaban J connectivity index is -0.0000000387. The fourth-order valence-corrected chi connectivity index (χ4v) is 0.584. The molecule has 0 spiro atoms. The predicted octanol–water partition coefficient (Wildman–Crippen LogP) is 8.17. The summed E-state index contributed by atoms with van der Waals surface area (Å²) in [4.78, 5) is 9.76. The van der Waals surface area contributed by atoms with Crippen LogP contribution in [0.25, 0.3) is 0 Å². The molecule has 0 aromatic carbocycles. The zero-order valence-electron chi connectivity index (χ0n) is 14.1. The molecule has 0 heterocycles. The van der Waals surface area contributed by atoms with E-state index >= 15 is 0 Å². The molecule has 0 radical (unpaired) electrons. The Hall–Kier alpha value is 1.44. The second-order valence-electron chi connectivity index (χ2n) is 3.05. The van der Waals surface area contributed by atoms with Gasteiger partial charge in [0.25, 0.3) is 0 Å². The first-order valence-electron chi connectivity index (χ1n) is 6.85. The van der Waals surface area contributed by atoms with E-state index in [1.54, 1.807) is 6.92 Å². The van der Waals surface area contributed by atoms with Crippen LogP contribution in [0.3, 0.4) is 0 Å². The zero-order valence-corrected chi connectivity index (χ0v) is 22.8. The lowest BCUT2D eigenvalue weighted by Gasteiger charge is -1.85. The molecule has 0 bridgehead atoms. The fourth-order valence-electron chi connectivity index (χ4n) is 0.584. The molecule has 3 nitrogen and oxygen atoms in total. The van der Waals surface area contributed by atoms with Gasteiger partial charge in [0.15, 0.2) is 0 Å². The highest BCUT2D eigenvalue weighted by atomic mass is 128. The molecule has 0 unspecified atom stereocenters. The van der Waals surface area contributed by atoms with E-state index in [1.807, 2.05) is 20.8 Å². The van der Waals surface area contributed by atoms with Crippen molar-refractivity contribution in [2.75, 3.05) is 0 Å². The maximum Gasteiger partial charge on any atom is 0.303 e. The van der Waals surface area contributed by atoms with Gasteiger partial charge in [-0.25, -0.2) is 0 Å². The second-order valence-corrected chi connectivity index (χ2v) is 3.05. The number of halogens is 4. The maximum absolute atomic E-state index is 9.76. The van der Waals surface area contributed by atoms with Crippen LogP contribution >= 0.6 is 74.5 Å². The van der Waals surface area contributed by atoms with E-state index in [4.69, 9.17) is 10.4 Å². The first-order chi connectivity index (χ1) is 10.6. The molecule has 0 amide bonds. The van der Waals surface area contributed by atoms with E-state index in [0.29, 0.717) is 6.42 Å². The van der Waals surface area contributed by atoms with Gasteiger partial charge >= 0.3 is 5.97 Å². The van der Waals surface area contributed by atoms with Crippen molar-refractivity contribution in [1.82, 2.24) is 0 Å². The highest BCUT2D eigenvalue weighted by Gasteiger charge is 1.90. The summed E-state index contributed by atoms with van der Waals surface area (Å²) in [6.07, 6.45) is 9.58. The molecule has 0 rings (SSSR count). The molecule has 7 heteroatoms. The number of terminal acetylenes is 1. The molecule has 0 aliphatic heterocycles. The minimum absolute atomic E-state index is 0.316. The first kappa shape index (κ1) is 38.8. The number of aliphatic carboxylic acids is 1. The van der Waals surface area contributed by atoms with Crippen LogP contribution in [0.4, 0.5) is 0 Å². The summed E-state index contributed by atoms with van der Waals surface area (Å²) in [6, 6.07) is 2.07. The highest BCUT2D eigenvalue weighted by molar-refractivity contribution is 15.0. The molecule has 0 atom stereocenters. The summed E-state index contributed by atoms with van der Waals surface area (Å²) in [5.74, 6) is 1.56. The molecule has 0 aromatic rings. The third-order valence-corrected chi connectivity index (χ3v) is 1.39. The van der Waals surface area contributed by atoms with Crippen LogP contribution in [-0.4, -0.2) is 11.1 Å². The van der Waals surface area contributed by atoms with Crippen molar-refractivity contribution in [3.8, 4) is 18.4 Å². The number of rotatable bonds is 5. The minimum atomic E-state index is -0.693. The van der Waals surface area contributed by atoms with Gasteiger partial charge in [-0.05, 0) is 19.8 Å². The third-order valence-electron chi connectivity index (χ3n) is 1.39. The average molecular weight is 763 g/mol. The minimum Gasteiger partial charge on any atom is -0.481 e. The van der Waals surface area contributed by atoms with E-state index in [9.17, 15) is 4.79 Å². The first-order valence-corrected chi connectivity index (χ1v) is 19.4. The molecule has 0 saturated heterocycles. The van der Waals surface area contributed by atoms with Crippen molar-refractivity contribution >= 4 is 80.4 Å². The van der Waals surface area contributed by atoms with Crippen LogP contribution in [0, 0.1) is 23.7 Å². The van der Waals surface area contributed by atoms with E-state index in [-0.39, 0.29) is 0 Å². The van der Waals surface area contributed by atoms with Crippen LogP contribution in [0.5, 0.6) is 0 Å². The molecule has 1 N–H and O–H groups in total. The largest absolute Gasteiger partial charge is 0.481 e. The van der Waals surface area contributed by atoms with Crippen LogP contribution < -0.4 is 0 Å². The van der Waals surface area contributed by atoms with Gasteiger partial charge < -0.3 is 5.11 Å². The van der Waals surface area contributed by atoms with Gasteiger partial charge in [-0.15, -0.1) is 12.3 Å². The van der Waals surface area contributed by atoms with Gasteiger partial charge in [0.05, 0.1) is 6.07 Å². The average Bonchev–Trinajstić information content (AvgIpc) is 2.58. The van der Waals surface area contributed by atoms with Crippen molar-refractivity contribution in [3.63, 3.8) is 0 Å². The van der Waals surface area contributed by atoms with Crippen molar-refractivity contribution in [1.29, 1.82) is 5.26 Å². The Labute approximate surface area is 184 Å². The smallest absolute Gasteiger partial charge is 0.303 e. The second kappa shape index (κ2) is 66.7. The molecule has 0 saturated carbocycles. The summed E-state index contributed by atoms with van der Waals surface area (Å²) in [6.45, 7) is 9.71. The SMILES string of the molecule is C#CC.CC.CCCCC#N.CCCCC(=O)O.II.II. The molecular weight excluding hydrogens is 734 g/mol. The third kappa shape index (κ3) is 126. The summed E-state index contributed by atoms with van der Waals surface area (Å²) in [5.41, 5.74) is 0. The lowest BCUT2D eigenvalue weighted by molar-refractivity contribution is -0.137. The molecule has 134 valence electrons. The quantitative estimate of drug-likeness (QED) is 0.175. The number of hydrogen-bond donors (Lipinski definition) is 1. The topological polar surface area (TPSA) is 61.1 Å². The summed E-state index contributed by atoms with van der Waals surface area (Å²) >= 11 is 8.48. The Morgan fingerprint density at radius 2 is 1.41 bits per heavy atom. The Morgan fingerprint density at radius 1 is 1.09 bits per heavy atom. The van der Waals surface area contributed by atoms with Crippen LogP contribution in [-0.2, 0) is 4.79 Å². The van der Waals surface area contributed by atoms with Crippen molar-refractivity contribution in [2.45, 2.75) is 73.1 Å². The van der Waals surface area contributed by atoms with Gasteiger partial charge in [0.1, 0.15) is 0 Å². The molecule has 0 aliphatic carbocycles. The number of unbranched alkanes of at least 4 members (excludes halogenated alkanes) is 3. The van der Waals surface area contributed by atoms with E-state index in [0.717, 1.165) is 32.1 Å². The number of carbonyl (C=O) groups is 1. The van der Waals surface area contributed by atoms with E-state index in [2.05, 4.69) is 99.8 Å². The molecule has 22 heavy (non-hydrogen) atoms. The summed E-state index contributed by atoms with van der Waals surface area (Å²) in [7, 11) is 0. The predicted molar refractivity (Wildman–Crippen MR) is 134 cm³/mol. The number of carboxylic acid groups (broad SMARTS) is 1. The van der Waals surface area contributed by atoms with Gasteiger partial charge in [-0.3, -0.25) is 4.79 Å². The van der Waals surface area contributed by atoms with E-state index < -0.39 is 5.97 Å². The standard InChI is InChI=1S/C5H9N.C5H10O2.C3H4.C2H6.2I2/c1-2-3-4-5-6;1-2-3-4-5(6)7;1-3-2;3*1-2/h2-4H2,1H3;2-4H2,1H3,(H,6,7);1H,2H3;1-2H3;;. The lowest BCUT2D eigenvalue weighted by Crippen LogP contribution is -1.91. The number of nitriles is 1. The van der Waals surface area contributed by atoms with Gasteiger partial charge in [0.2, 0.25) is 0 Å². The maximum atomic E-state index is 9.76. The van der Waals surface area contributed by atoms with Gasteiger partial charge in [-0.1, -0.05) is 40.5 Å². The Morgan fingerprint density at radius 3 is 1.50 bits per heavy atom. The van der Waals surface area contributed by atoms with Crippen molar-refractivity contribution < 1.29 is 9.90 Å². The van der Waals surface area contributed by atoms with Gasteiger partial charge in [-0.2, -0.15) is 5.26 Å². The summed E-state index contributed by atoms with van der Waals surface area (Å²) < 4.78 is 0. The Bertz CT molecular complexity index is 227. The van der Waals surface area contributed by atoms with Crippen LogP contribution in [0.1, 0.15) is 73.1 Å². The number of nitrogens with zero attached hydrogens (tertiary/aromatic N) is 1. The van der Waals surface area contributed by atoms with Crippen molar-refractivity contribution in [2.24, 2.45) is 0 Å². The normalized spacial score (nSPS) is 5.95. The molecular formula is C15H29I4NO2. The number of carboxylic acids is 1. The van der Waals surface area contributed by atoms with Crippen LogP contribution in [0.15, 0.2) is 0 Å². The van der Waals surface area contributed by atoms with E-state index in [1.165, 1.54) is 0 Å². The molecule has 0 aromatic heterocycles.